The lowest BCUT2D eigenvalue weighted by atomic mass is 9.95. The first-order valence-corrected chi connectivity index (χ1v) is 8.11. The molecule has 20 heavy (non-hydrogen) atoms. The zero-order chi connectivity index (χ0) is 14.2. The zero-order valence-electron chi connectivity index (χ0n) is 13.0. The fourth-order valence-corrected chi connectivity index (χ4v) is 3.12. The summed E-state index contributed by atoms with van der Waals surface area (Å²) in [5.74, 6) is 0. The van der Waals surface area contributed by atoms with E-state index in [9.17, 15) is 0 Å². The van der Waals surface area contributed by atoms with E-state index in [1.54, 1.807) is 7.11 Å². The van der Waals surface area contributed by atoms with E-state index in [1.807, 2.05) is 0 Å². The molecule has 1 aliphatic carbocycles. The molecule has 0 bridgehead atoms. The molecule has 4 nitrogen and oxygen atoms in total. The summed E-state index contributed by atoms with van der Waals surface area (Å²) in [6, 6.07) is 0.637. The molecule has 0 aliphatic heterocycles. The van der Waals surface area contributed by atoms with Gasteiger partial charge in [-0.25, -0.2) is 0 Å². The summed E-state index contributed by atoms with van der Waals surface area (Å²) in [6.45, 7) is 4.82. The molecule has 0 radical (unpaired) electrons. The molecular weight excluding hydrogens is 250 g/mol. The van der Waals surface area contributed by atoms with Crippen LogP contribution in [0.25, 0.3) is 0 Å². The maximum Gasteiger partial charge on any atom is 0.0587 e. The molecule has 1 aromatic rings. The van der Waals surface area contributed by atoms with E-state index in [0.29, 0.717) is 6.04 Å². The highest BCUT2D eigenvalue weighted by Crippen LogP contribution is 2.29. The smallest absolute Gasteiger partial charge is 0.0587 e. The molecule has 0 saturated heterocycles. The molecule has 1 aliphatic rings. The number of ether oxygens (including phenoxy) is 1. The molecule has 4 heteroatoms. The quantitative estimate of drug-likeness (QED) is 0.743. The number of nitrogens with one attached hydrogen (secondary N) is 1. The maximum atomic E-state index is 5.07. The second kappa shape index (κ2) is 8.42. The maximum absolute atomic E-state index is 5.07. The van der Waals surface area contributed by atoms with E-state index >= 15 is 0 Å². The van der Waals surface area contributed by atoms with Gasteiger partial charge in [0.1, 0.15) is 0 Å². The third-order valence-electron chi connectivity index (χ3n) is 4.19. The zero-order valence-corrected chi connectivity index (χ0v) is 13.0. The minimum absolute atomic E-state index is 0.637. The minimum Gasteiger partial charge on any atom is -0.383 e. The Hall–Kier alpha value is -0.870. The van der Waals surface area contributed by atoms with Gasteiger partial charge in [-0.1, -0.05) is 32.6 Å². The Morgan fingerprint density at radius 3 is 2.85 bits per heavy atom. The Kier molecular flexibility index (Phi) is 6.54. The molecule has 1 aromatic heterocycles. The van der Waals surface area contributed by atoms with Crippen LogP contribution in [-0.2, 0) is 17.7 Å². The van der Waals surface area contributed by atoms with Crippen molar-refractivity contribution in [1.82, 2.24) is 15.1 Å². The summed E-state index contributed by atoms with van der Waals surface area (Å²) in [5.41, 5.74) is 2.82. The number of hydrogen-bond acceptors (Lipinski definition) is 3. The Bertz CT molecular complexity index is 383. The molecule has 0 spiro atoms. The van der Waals surface area contributed by atoms with E-state index in [2.05, 4.69) is 23.1 Å². The summed E-state index contributed by atoms with van der Waals surface area (Å²) in [5, 5.41) is 8.14. The molecule has 1 N–H and O–H groups in total. The summed E-state index contributed by atoms with van der Waals surface area (Å²) in [6.07, 6.45) is 11.1. The first-order chi connectivity index (χ1) is 9.86. The normalized spacial score (nSPS) is 16.7. The van der Waals surface area contributed by atoms with Crippen molar-refractivity contribution in [3.63, 3.8) is 0 Å². The number of rotatable bonds is 8. The van der Waals surface area contributed by atoms with Crippen LogP contribution in [0.5, 0.6) is 0 Å². The summed E-state index contributed by atoms with van der Waals surface area (Å²) in [4.78, 5) is 0. The highest BCUT2D eigenvalue weighted by molar-refractivity contribution is 5.18. The highest BCUT2D eigenvalue weighted by atomic mass is 16.5. The molecule has 2 rings (SSSR count). The van der Waals surface area contributed by atoms with Crippen LogP contribution in [0.3, 0.4) is 0 Å². The standard InChI is InChI=1S/C16H29N3O/c1-3-7-16-14(12-17-10-11-20-2)13-18-19(16)15-8-5-4-6-9-15/h13,15,17H,3-12H2,1-2H3. The van der Waals surface area contributed by atoms with Gasteiger partial charge in [-0.2, -0.15) is 5.10 Å². The van der Waals surface area contributed by atoms with Crippen molar-refractivity contribution in [2.45, 2.75) is 64.5 Å². The van der Waals surface area contributed by atoms with Gasteiger partial charge in [0, 0.05) is 31.5 Å². The molecule has 0 unspecified atom stereocenters. The van der Waals surface area contributed by atoms with Crippen LogP contribution >= 0.6 is 0 Å². The Balaban J connectivity index is 2.01. The van der Waals surface area contributed by atoms with Gasteiger partial charge in [-0.3, -0.25) is 4.68 Å². The Morgan fingerprint density at radius 2 is 2.15 bits per heavy atom. The van der Waals surface area contributed by atoms with Gasteiger partial charge in [-0.05, 0) is 19.3 Å². The lowest BCUT2D eigenvalue weighted by molar-refractivity contribution is 0.199. The monoisotopic (exact) mass is 279 g/mol. The molecule has 0 aromatic carbocycles. The lowest BCUT2D eigenvalue weighted by Crippen LogP contribution is -2.20. The second-order valence-electron chi connectivity index (χ2n) is 5.77. The van der Waals surface area contributed by atoms with Crippen LogP contribution in [0.4, 0.5) is 0 Å². The average Bonchev–Trinajstić information content (AvgIpc) is 2.88. The molecule has 0 atom stereocenters. The van der Waals surface area contributed by atoms with Crippen molar-refractivity contribution in [2.75, 3.05) is 20.3 Å². The van der Waals surface area contributed by atoms with Gasteiger partial charge in [-0.15, -0.1) is 0 Å². The molecule has 0 amide bonds. The van der Waals surface area contributed by atoms with Gasteiger partial charge in [0.2, 0.25) is 0 Å². The van der Waals surface area contributed by atoms with Gasteiger partial charge >= 0.3 is 0 Å². The summed E-state index contributed by atoms with van der Waals surface area (Å²) < 4.78 is 7.40. The van der Waals surface area contributed by atoms with Crippen LogP contribution in [0.2, 0.25) is 0 Å². The van der Waals surface area contributed by atoms with E-state index in [-0.39, 0.29) is 0 Å². The summed E-state index contributed by atoms with van der Waals surface area (Å²) in [7, 11) is 1.74. The van der Waals surface area contributed by atoms with Gasteiger partial charge in [0.15, 0.2) is 0 Å². The fourth-order valence-electron chi connectivity index (χ4n) is 3.12. The molecule has 114 valence electrons. The number of aromatic nitrogens is 2. The van der Waals surface area contributed by atoms with Crippen molar-refractivity contribution in [1.29, 1.82) is 0 Å². The third-order valence-corrected chi connectivity index (χ3v) is 4.19. The average molecular weight is 279 g/mol. The van der Waals surface area contributed by atoms with Crippen molar-refractivity contribution in [2.24, 2.45) is 0 Å². The molecule has 1 fully saturated rings. The SMILES string of the molecule is CCCc1c(CNCCOC)cnn1C1CCCCC1. The summed E-state index contributed by atoms with van der Waals surface area (Å²) >= 11 is 0. The fraction of sp³-hybridized carbons (Fsp3) is 0.812. The first kappa shape index (κ1) is 15.5. The molecular formula is C16H29N3O. The van der Waals surface area contributed by atoms with E-state index in [0.717, 1.165) is 26.1 Å². The third kappa shape index (κ3) is 4.06. The van der Waals surface area contributed by atoms with Crippen LogP contribution in [-0.4, -0.2) is 30.0 Å². The van der Waals surface area contributed by atoms with Crippen LogP contribution in [0, 0.1) is 0 Å². The van der Waals surface area contributed by atoms with E-state index in [4.69, 9.17) is 9.84 Å². The highest BCUT2D eigenvalue weighted by Gasteiger charge is 2.20. The van der Waals surface area contributed by atoms with E-state index in [1.165, 1.54) is 49.8 Å². The predicted octanol–water partition coefficient (Wildman–Crippen LogP) is 3.08. The van der Waals surface area contributed by atoms with Crippen LogP contribution in [0.15, 0.2) is 6.20 Å². The van der Waals surface area contributed by atoms with Gasteiger partial charge < -0.3 is 10.1 Å². The van der Waals surface area contributed by atoms with Crippen molar-refractivity contribution in [3.05, 3.63) is 17.5 Å². The minimum atomic E-state index is 0.637. The topological polar surface area (TPSA) is 39.1 Å². The van der Waals surface area contributed by atoms with Crippen molar-refractivity contribution in [3.8, 4) is 0 Å². The molecule has 1 saturated carbocycles. The van der Waals surface area contributed by atoms with Crippen LogP contribution in [0.1, 0.15) is 62.7 Å². The van der Waals surface area contributed by atoms with Gasteiger partial charge in [0.25, 0.3) is 0 Å². The van der Waals surface area contributed by atoms with E-state index < -0.39 is 0 Å². The number of nitrogens with zero attached hydrogens (tertiary/aromatic N) is 2. The Labute approximate surface area is 122 Å². The largest absolute Gasteiger partial charge is 0.383 e. The second-order valence-corrected chi connectivity index (χ2v) is 5.77. The predicted molar refractivity (Wildman–Crippen MR) is 81.9 cm³/mol. The van der Waals surface area contributed by atoms with Crippen LogP contribution < -0.4 is 5.32 Å². The number of hydrogen-bond donors (Lipinski definition) is 1. The van der Waals surface area contributed by atoms with Gasteiger partial charge in [0.05, 0.1) is 18.8 Å². The van der Waals surface area contributed by atoms with Crippen molar-refractivity contribution >= 4 is 0 Å². The van der Waals surface area contributed by atoms with Crippen molar-refractivity contribution < 1.29 is 4.74 Å². The first-order valence-electron chi connectivity index (χ1n) is 8.11. The number of methoxy groups -OCH3 is 1. The lowest BCUT2D eigenvalue weighted by Gasteiger charge is -2.24. The molecule has 1 heterocycles. The Morgan fingerprint density at radius 1 is 1.35 bits per heavy atom.